The van der Waals surface area contributed by atoms with Crippen molar-refractivity contribution in [1.82, 2.24) is 0 Å². The van der Waals surface area contributed by atoms with Gasteiger partial charge in [0, 0.05) is 11.1 Å². The van der Waals surface area contributed by atoms with Crippen LogP contribution in [0.1, 0.15) is 48.9 Å². The molecule has 0 radical (unpaired) electrons. The summed E-state index contributed by atoms with van der Waals surface area (Å²) >= 11 is 0. The van der Waals surface area contributed by atoms with Gasteiger partial charge in [-0.05, 0) is 24.0 Å². The third-order valence-electron chi connectivity index (χ3n) is 4.60. The summed E-state index contributed by atoms with van der Waals surface area (Å²) in [5, 5.41) is 3.70. The van der Waals surface area contributed by atoms with Crippen molar-refractivity contribution in [2.24, 2.45) is 5.16 Å². The molecule has 0 N–H and O–H groups in total. The fourth-order valence-corrected chi connectivity index (χ4v) is 2.91. The second kappa shape index (κ2) is 11.9. The van der Waals surface area contributed by atoms with Gasteiger partial charge in [-0.2, -0.15) is 0 Å². The number of methoxy groups -OCH3 is 1. The molecular weight excluding hydrogens is 388 g/mol. The summed E-state index contributed by atoms with van der Waals surface area (Å²) in [4.78, 5) is 17.5. The summed E-state index contributed by atoms with van der Waals surface area (Å²) in [6.07, 6.45) is 1.44. The Balaban J connectivity index is 2.26. The van der Waals surface area contributed by atoms with Crippen LogP contribution >= 0.6 is 0 Å². The molecule has 30 heavy (non-hydrogen) atoms. The molecule has 2 rings (SSSR count). The van der Waals surface area contributed by atoms with Gasteiger partial charge in [0.15, 0.2) is 5.71 Å². The minimum Gasteiger partial charge on any atom is -0.465 e. The Labute approximate surface area is 176 Å². The van der Waals surface area contributed by atoms with Gasteiger partial charge in [-0.3, -0.25) is 0 Å². The smallest absolute Gasteiger partial charge is 0.338 e. The second-order valence-electron chi connectivity index (χ2n) is 6.66. The Morgan fingerprint density at radius 1 is 1.10 bits per heavy atom. The van der Waals surface area contributed by atoms with E-state index in [-0.39, 0.29) is 6.61 Å². The van der Waals surface area contributed by atoms with E-state index in [2.05, 4.69) is 5.16 Å². The maximum atomic E-state index is 13.5. The van der Waals surface area contributed by atoms with E-state index < -0.39 is 18.1 Å². The Kier molecular flexibility index (Phi) is 9.19. The van der Waals surface area contributed by atoms with Gasteiger partial charge in [-0.1, -0.05) is 80.0 Å². The van der Waals surface area contributed by atoms with Crippen LogP contribution in [0.3, 0.4) is 0 Å². The Bertz CT molecular complexity index is 890. The molecular formula is C24H27F2NO3. The summed E-state index contributed by atoms with van der Waals surface area (Å²) in [5.74, 6) is -0.455. The lowest BCUT2D eigenvalue weighted by Gasteiger charge is -2.12. The lowest BCUT2D eigenvalue weighted by Crippen LogP contribution is -2.13. The van der Waals surface area contributed by atoms with Gasteiger partial charge in [0.05, 0.1) is 12.7 Å². The number of halogens is 2. The highest BCUT2D eigenvalue weighted by Gasteiger charge is 2.18. The Hall–Kier alpha value is -3.02. The maximum Gasteiger partial charge on any atom is 0.338 e. The van der Waals surface area contributed by atoms with Gasteiger partial charge < -0.3 is 9.57 Å². The predicted octanol–water partition coefficient (Wildman–Crippen LogP) is 5.79. The number of benzene rings is 2. The van der Waals surface area contributed by atoms with Crippen molar-refractivity contribution in [2.75, 3.05) is 7.11 Å². The summed E-state index contributed by atoms with van der Waals surface area (Å²) in [5.41, 5.74) is 2.66. The molecule has 2 aromatic rings. The number of nitrogens with zero attached hydrogens (tertiary/aromatic N) is 1. The largest absolute Gasteiger partial charge is 0.465 e. The quantitative estimate of drug-likeness (QED) is 0.214. The molecule has 0 saturated carbocycles. The van der Waals surface area contributed by atoms with Gasteiger partial charge in [-0.25, -0.2) is 13.6 Å². The summed E-state index contributed by atoms with van der Waals surface area (Å²) in [6.45, 7) is 3.95. The van der Waals surface area contributed by atoms with Crippen LogP contribution < -0.4 is 0 Å². The highest BCUT2D eigenvalue weighted by molar-refractivity contribution is 6.16. The molecule has 0 saturated heterocycles. The number of alkyl halides is 2. The van der Waals surface area contributed by atoms with Crippen LogP contribution in [0, 0.1) is 0 Å². The van der Waals surface area contributed by atoms with Gasteiger partial charge in [-0.15, -0.1) is 0 Å². The lowest BCUT2D eigenvalue weighted by molar-refractivity contribution is -0.133. The summed E-state index contributed by atoms with van der Waals surface area (Å²) < 4.78 is 31.9. The van der Waals surface area contributed by atoms with Crippen molar-refractivity contribution in [3.8, 4) is 0 Å². The number of hydrogen-bond acceptors (Lipinski definition) is 4. The number of allylic oxidation sites excluding steroid dienone is 1. The third kappa shape index (κ3) is 6.24. The topological polar surface area (TPSA) is 47.9 Å². The summed E-state index contributed by atoms with van der Waals surface area (Å²) in [6, 6.07) is 14.0. The molecule has 0 atom stereocenters. The zero-order chi connectivity index (χ0) is 21.9. The van der Waals surface area contributed by atoms with Crippen molar-refractivity contribution in [3.63, 3.8) is 0 Å². The zero-order valence-corrected chi connectivity index (χ0v) is 17.5. The standard InChI is InChI=1S/C24H27F2NO3/c1-4-6-10-21(24(28)29-3)20-11-8-7-9-19(20)16-30-27-22(23(25)26)18-14-12-17(5-2)13-15-18/h7-15,23H,4-6,16H2,1-3H3/b21-10-,27-22-. The van der Waals surface area contributed by atoms with Crippen molar-refractivity contribution in [2.45, 2.75) is 46.1 Å². The number of carbonyl (C=O) groups is 1. The molecule has 160 valence electrons. The fourth-order valence-electron chi connectivity index (χ4n) is 2.91. The molecule has 0 aliphatic heterocycles. The minimum absolute atomic E-state index is 0.0557. The van der Waals surface area contributed by atoms with Gasteiger partial charge in [0.25, 0.3) is 6.43 Å². The van der Waals surface area contributed by atoms with Crippen LogP contribution in [0.4, 0.5) is 8.78 Å². The number of unbranched alkanes of at least 4 members (excludes halogenated alkanes) is 1. The van der Waals surface area contributed by atoms with E-state index in [4.69, 9.17) is 9.57 Å². The average Bonchev–Trinajstić information content (AvgIpc) is 2.77. The molecule has 0 aliphatic rings. The first-order chi connectivity index (χ1) is 14.5. The monoisotopic (exact) mass is 415 g/mol. The molecule has 0 fully saturated rings. The van der Waals surface area contributed by atoms with Gasteiger partial charge in [0.1, 0.15) is 6.61 Å². The van der Waals surface area contributed by atoms with Crippen LogP contribution in [-0.2, 0) is 27.4 Å². The van der Waals surface area contributed by atoms with Gasteiger partial charge >= 0.3 is 5.97 Å². The first-order valence-corrected chi connectivity index (χ1v) is 9.95. The number of oxime groups is 1. The van der Waals surface area contributed by atoms with Crippen LogP contribution in [0.25, 0.3) is 5.57 Å². The molecule has 6 heteroatoms. The van der Waals surface area contributed by atoms with E-state index >= 15 is 0 Å². The molecule has 0 unspecified atom stereocenters. The number of ether oxygens (including phenoxy) is 1. The van der Waals surface area contributed by atoms with Crippen LogP contribution in [0.5, 0.6) is 0 Å². The Morgan fingerprint density at radius 3 is 2.40 bits per heavy atom. The average molecular weight is 415 g/mol. The molecule has 0 aromatic heterocycles. The maximum absolute atomic E-state index is 13.5. The summed E-state index contributed by atoms with van der Waals surface area (Å²) in [7, 11) is 1.32. The lowest BCUT2D eigenvalue weighted by atomic mass is 9.99. The molecule has 0 heterocycles. The highest BCUT2D eigenvalue weighted by Crippen LogP contribution is 2.23. The number of rotatable bonds is 10. The minimum atomic E-state index is -2.78. The van der Waals surface area contributed by atoms with Crippen molar-refractivity contribution < 1.29 is 23.1 Å². The zero-order valence-electron chi connectivity index (χ0n) is 17.5. The molecule has 0 aliphatic carbocycles. The van der Waals surface area contributed by atoms with Crippen LogP contribution in [-0.4, -0.2) is 25.2 Å². The molecule has 0 spiro atoms. The normalized spacial score (nSPS) is 12.2. The van der Waals surface area contributed by atoms with E-state index in [1.165, 1.54) is 7.11 Å². The number of aryl methyl sites for hydroxylation is 1. The third-order valence-corrected chi connectivity index (χ3v) is 4.60. The van der Waals surface area contributed by atoms with E-state index in [1.807, 2.05) is 19.9 Å². The molecule has 0 bridgehead atoms. The van der Waals surface area contributed by atoms with Crippen molar-refractivity contribution in [1.29, 1.82) is 0 Å². The van der Waals surface area contributed by atoms with Gasteiger partial charge in [0.2, 0.25) is 0 Å². The molecule has 0 amide bonds. The van der Waals surface area contributed by atoms with E-state index in [0.29, 0.717) is 28.7 Å². The number of hydrogen-bond donors (Lipinski definition) is 0. The van der Waals surface area contributed by atoms with E-state index in [0.717, 1.165) is 18.4 Å². The highest BCUT2D eigenvalue weighted by atomic mass is 19.3. The SMILES string of the molecule is CCC/C=C(\C(=O)OC)c1ccccc1CO/N=C(/c1ccc(CC)cc1)C(F)F. The predicted molar refractivity (Wildman–Crippen MR) is 114 cm³/mol. The molecule has 2 aromatic carbocycles. The van der Waals surface area contributed by atoms with E-state index in [9.17, 15) is 13.6 Å². The van der Waals surface area contributed by atoms with E-state index in [1.54, 1.807) is 48.5 Å². The van der Waals surface area contributed by atoms with Crippen LogP contribution in [0.2, 0.25) is 0 Å². The Morgan fingerprint density at radius 2 is 1.80 bits per heavy atom. The van der Waals surface area contributed by atoms with Crippen molar-refractivity contribution >= 4 is 17.3 Å². The van der Waals surface area contributed by atoms with Crippen molar-refractivity contribution in [3.05, 3.63) is 76.9 Å². The molecule has 4 nitrogen and oxygen atoms in total. The number of carbonyl (C=O) groups excluding carboxylic acids is 1. The fraction of sp³-hybridized carbons (Fsp3) is 0.333. The van der Waals surface area contributed by atoms with Crippen LogP contribution in [0.15, 0.2) is 59.8 Å². The number of esters is 1. The second-order valence-corrected chi connectivity index (χ2v) is 6.66. The first-order valence-electron chi connectivity index (χ1n) is 9.95. The first kappa shape index (κ1) is 23.3.